The summed E-state index contributed by atoms with van der Waals surface area (Å²) >= 11 is 0. The number of carbonyl (C=O) groups excluding carboxylic acids is 4. The van der Waals surface area contributed by atoms with Gasteiger partial charge in [0.1, 0.15) is 6.04 Å². The molecule has 27 heteroatoms. The van der Waals surface area contributed by atoms with Crippen molar-refractivity contribution in [1.82, 2.24) is 62.5 Å². The van der Waals surface area contributed by atoms with Crippen LogP contribution in [-0.2, 0) is 38.7 Å². The number of aromatic amines is 1. The highest BCUT2D eigenvalue weighted by Crippen LogP contribution is 2.25. The van der Waals surface area contributed by atoms with Crippen molar-refractivity contribution in [2.45, 2.75) is 89.1 Å². The average molecular weight is 1000 g/mol. The van der Waals surface area contributed by atoms with E-state index in [1.165, 1.54) is 18.3 Å². The smallest absolute Gasteiger partial charge is 0.326 e. The van der Waals surface area contributed by atoms with Gasteiger partial charge in [-0.1, -0.05) is 0 Å². The number of nitrogens with zero attached hydrogens (tertiary/aromatic N) is 3. The molecule has 4 amide bonds. The number of hydrogen-bond donors (Lipinski definition) is 13. The number of aliphatic carboxylic acids is 1. The number of nitrogen functional groups attached to an aromatic ring is 1. The minimum absolute atomic E-state index is 0.0406. The van der Waals surface area contributed by atoms with E-state index in [0.717, 1.165) is 57.7 Å². The summed E-state index contributed by atoms with van der Waals surface area (Å²) in [7, 11) is -1.34. The van der Waals surface area contributed by atoms with Crippen LogP contribution in [0.1, 0.15) is 67.4 Å². The van der Waals surface area contributed by atoms with Gasteiger partial charge in [0.2, 0.25) is 23.7 Å². The Labute approximate surface area is 404 Å². The number of carboxylic acids is 1. The molecule has 3 atom stereocenters. The number of aromatic nitrogens is 4. The van der Waals surface area contributed by atoms with E-state index in [2.05, 4.69) is 80.9 Å². The van der Waals surface area contributed by atoms with E-state index < -0.39 is 46.5 Å². The van der Waals surface area contributed by atoms with Crippen LogP contribution in [0, 0.1) is 0 Å². The maximum atomic E-state index is 12.8. The minimum Gasteiger partial charge on any atom is -0.480 e. The second-order valence-corrected chi connectivity index (χ2v) is 23.5. The summed E-state index contributed by atoms with van der Waals surface area (Å²) in [5.74, 6) is -2.99. The summed E-state index contributed by atoms with van der Waals surface area (Å²) in [4.78, 5) is 88.4. The molecule has 0 spiro atoms. The molecular formula is C42H73N15O10Si2. The molecule has 0 aliphatic rings. The Kier molecular flexibility index (Phi) is 26.5. The summed E-state index contributed by atoms with van der Waals surface area (Å²) < 4.78 is 18.4. The van der Waals surface area contributed by atoms with Gasteiger partial charge in [-0.2, -0.15) is 4.98 Å². The van der Waals surface area contributed by atoms with Crippen LogP contribution in [0.3, 0.4) is 0 Å². The number of nitrogens with one attached hydrogen (secondary N) is 10. The first-order chi connectivity index (χ1) is 33.1. The predicted octanol–water partition coefficient (Wildman–Crippen LogP) is -0.797. The molecule has 15 N–H and O–H groups in total. The Morgan fingerprint density at radius 3 is 1.90 bits per heavy atom. The lowest BCUT2D eigenvalue weighted by atomic mass is 10.1. The Bertz CT molecular complexity index is 2130. The molecule has 3 unspecified atom stereocenters. The van der Waals surface area contributed by atoms with Crippen LogP contribution < -0.4 is 64.9 Å². The maximum absolute atomic E-state index is 12.8. The molecule has 384 valence electrons. The fourth-order valence-corrected chi connectivity index (χ4v) is 13.9. The van der Waals surface area contributed by atoms with Crippen molar-refractivity contribution in [1.29, 1.82) is 0 Å². The van der Waals surface area contributed by atoms with Gasteiger partial charge in [-0.15, -0.1) is 0 Å². The number of benzene rings is 1. The topological polar surface area (TPSA) is 365 Å². The lowest BCUT2D eigenvalue weighted by Gasteiger charge is -2.35. The number of anilines is 2. The number of nitrogens with two attached hydrogens (primary N) is 2. The zero-order chi connectivity index (χ0) is 50.5. The molecule has 2 heterocycles. The molecule has 0 saturated carbocycles. The van der Waals surface area contributed by atoms with Crippen LogP contribution in [-0.4, -0.2) is 151 Å². The molecule has 0 radical (unpaired) electrons. The van der Waals surface area contributed by atoms with E-state index in [9.17, 15) is 33.9 Å². The summed E-state index contributed by atoms with van der Waals surface area (Å²) in [5.41, 5.74) is 11.9. The van der Waals surface area contributed by atoms with Crippen LogP contribution in [0.2, 0.25) is 25.2 Å². The van der Waals surface area contributed by atoms with Gasteiger partial charge in [-0.25, -0.2) is 14.8 Å². The largest absolute Gasteiger partial charge is 0.480 e. The zero-order valence-electron chi connectivity index (χ0n) is 40.2. The van der Waals surface area contributed by atoms with Gasteiger partial charge in [-0.05, 0) is 94.6 Å². The number of carboxylic acid groups (broad SMARTS) is 1. The highest BCUT2D eigenvalue weighted by molar-refractivity contribution is 6.80. The molecular weight excluding hydrogens is 931 g/mol. The number of rotatable bonds is 37. The highest BCUT2D eigenvalue weighted by Gasteiger charge is 2.41. The van der Waals surface area contributed by atoms with Gasteiger partial charge in [0.15, 0.2) is 11.2 Å². The van der Waals surface area contributed by atoms with Gasteiger partial charge in [-0.3, -0.25) is 34.3 Å². The van der Waals surface area contributed by atoms with Crippen molar-refractivity contribution >= 4 is 69.5 Å². The Hall–Kier alpha value is -5.50. The van der Waals surface area contributed by atoms with E-state index >= 15 is 0 Å². The molecule has 2 aromatic heterocycles. The molecule has 1 aromatic carbocycles. The number of amides is 4. The highest BCUT2D eigenvalue weighted by atomic mass is 28.5. The van der Waals surface area contributed by atoms with Crippen LogP contribution in [0.15, 0.2) is 35.3 Å². The molecule has 3 aromatic rings. The Balaban J connectivity index is 1.19. The normalized spacial score (nSPS) is 13.5. The first kappa shape index (κ1) is 57.8. The molecule has 0 saturated heterocycles. The zero-order valence-corrected chi connectivity index (χ0v) is 42.2. The first-order valence-electron chi connectivity index (χ1n) is 23.1. The molecule has 0 bridgehead atoms. The molecule has 0 aliphatic heterocycles. The molecule has 69 heavy (non-hydrogen) atoms. The van der Waals surface area contributed by atoms with Crippen molar-refractivity contribution in [3.05, 3.63) is 52.1 Å². The van der Waals surface area contributed by atoms with E-state index in [1.54, 1.807) is 26.4 Å². The third-order valence-corrected chi connectivity index (χ3v) is 18.5. The van der Waals surface area contributed by atoms with Gasteiger partial charge in [0.05, 0.1) is 31.8 Å². The van der Waals surface area contributed by atoms with Gasteiger partial charge < -0.3 is 72.1 Å². The van der Waals surface area contributed by atoms with E-state index in [4.69, 9.17) is 24.4 Å². The predicted molar refractivity (Wildman–Crippen MR) is 265 cm³/mol. The number of hydrogen-bond acceptors (Lipinski definition) is 19. The summed E-state index contributed by atoms with van der Waals surface area (Å²) in [5, 5.41) is 36.2. The van der Waals surface area contributed by atoms with E-state index in [0.29, 0.717) is 44.1 Å². The maximum Gasteiger partial charge on any atom is 0.326 e. The standard InChI is InChI=1S/C42H73N15O10Si2/c1-65-68(3,23-7-17-45-19-21-47-27-43)67-69(4,66-2)24-8-18-46-20-22-48-28-51-34(58)9-5-6-10-35(59)52-29-53-36(60)16-15-33(41(63)64)55-39(61)30-11-13-31(14-12-30)49-25-32-26-50-38-37(54-32)40(62)57-42(44)56-38/h11-14,26,33,45-49H,5-10,15-25,27-29,43H2,1-4H3,(H,51,58)(H,52,59)(H,53,60)(H,55,61)(H,63,64)(H3,44,50,56,57,62). The Morgan fingerprint density at radius 1 is 0.754 bits per heavy atom. The van der Waals surface area contributed by atoms with E-state index in [1.807, 2.05) is 0 Å². The monoisotopic (exact) mass is 1000 g/mol. The molecule has 25 nitrogen and oxygen atoms in total. The van der Waals surface area contributed by atoms with Crippen LogP contribution in [0.25, 0.3) is 11.2 Å². The first-order valence-corrected chi connectivity index (χ1v) is 28.2. The van der Waals surface area contributed by atoms with Crippen LogP contribution in [0.4, 0.5) is 11.6 Å². The van der Waals surface area contributed by atoms with Crippen molar-refractivity contribution in [2.24, 2.45) is 5.73 Å². The second kappa shape index (κ2) is 31.6. The van der Waals surface area contributed by atoms with Gasteiger partial charge in [0.25, 0.3) is 11.5 Å². The lowest BCUT2D eigenvalue weighted by molar-refractivity contribution is -0.139. The third kappa shape index (κ3) is 23.1. The molecule has 3 rings (SSSR count). The molecule has 0 aliphatic carbocycles. The van der Waals surface area contributed by atoms with E-state index in [-0.39, 0.29) is 73.4 Å². The van der Waals surface area contributed by atoms with Crippen molar-refractivity contribution in [2.75, 3.05) is 84.5 Å². The SMILES string of the molecule is CO[Si](C)(CCCNCCNCN)O[Si](C)(CCCNCCNCNC(=O)CCCCC(=O)NCNC(=O)CCC(NC(=O)c1ccc(NCc2cnc3nc(N)[nH]c(=O)c3n2)cc1)C(=O)O)OC. The Morgan fingerprint density at radius 2 is 1.32 bits per heavy atom. The van der Waals surface area contributed by atoms with Crippen molar-refractivity contribution in [3.63, 3.8) is 0 Å². The second-order valence-electron chi connectivity index (χ2n) is 16.4. The minimum atomic E-state index is -2.41. The number of fused-ring (bicyclic) bond motifs is 1. The number of unbranched alkanes of at least 4 members (excludes halogenated alkanes) is 1. The summed E-state index contributed by atoms with van der Waals surface area (Å²) in [6.07, 6.45) is 4.28. The third-order valence-electron chi connectivity index (χ3n) is 10.8. The number of H-pyrrole nitrogens is 1. The van der Waals surface area contributed by atoms with Gasteiger partial charge >= 0.3 is 23.1 Å². The van der Waals surface area contributed by atoms with Gasteiger partial charge in [0, 0.05) is 77.6 Å². The lowest BCUT2D eigenvalue weighted by Crippen LogP contribution is -2.51. The summed E-state index contributed by atoms with van der Waals surface area (Å²) in [6, 6.07) is 6.58. The van der Waals surface area contributed by atoms with Crippen LogP contribution in [0.5, 0.6) is 0 Å². The van der Waals surface area contributed by atoms with Crippen molar-refractivity contribution < 1.29 is 42.0 Å². The quantitative estimate of drug-likeness (QED) is 0.0191. The average Bonchev–Trinajstić information content (AvgIpc) is 3.32. The molecule has 0 fully saturated rings. The number of carbonyl (C=O) groups is 5. The fraction of sp³-hybridized carbons (Fsp3) is 0.595. The summed E-state index contributed by atoms with van der Waals surface area (Å²) in [6.45, 7) is 9.79. The fourth-order valence-electron chi connectivity index (χ4n) is 6.71. The van der Waals surface area contributed by atoms with Crippen LogP contribution >= 0.6 is 0 Å². The van der Waals surface area contributed by atoms with Crippen molar-refractivity contribution in [3.8, 4) is 0 Å².